The Morgan fingerprint density at radius 3 is 1.78 bits per heavy atom. The van der Waals surface area contributed by atoms with Gasteiger partial charge in [-0.25, -0.2) is 4.79 Å². The summed E-state index contributed by atoms with van der Waals surface area (Å²) >= 11 is 1.34. The number of primary amides is 1. The van der Waals surface area contributed by atoms with Crippen LogP contribution in [0.3, 0.4) is 0 Å². The number of nitrogens with zero attached hydrogens (tertiary/aromatic N) is 1. The molecule has 10 amide bonds. The van der Waals surface area contributed by atoms with Gasteiger partial charge in [0.2, 0.25) is 53.2 Å². The second-order valence-corrected chi connectivity index (χ2v) is 22.4. The maximum atomic E-state index is 14.3. The molecule has 1 saturated heterocycles. The zero-order chi connectivity index (χ0) is 62.6. The van der Waals surface area contributed by atoms with Gasteiger partial charge in [0, 0.05) is 25.8 Å². The maximum absolute atomic E-state index is 14.3. The number of thioether (sulfide) groups is 1. The van der Waals surface area contributed by atoms with E-state index in [0.29, 0.717) is 18.7 Å². The number of likely N-dealkylation sites (tertiary alicyclic amines) is 1. The van der Waals surface area contributed by atoms with Crippen LogP contribution in [0, 0.1) is 11.8 Å². The number of aliphatic hydroxyl groups is 1. The third-order valence-corrected chi connectivity index (χ3v) is 14.0. The number of carboxylic acid groups (broad SMARTS) is 2. The molecule has 1 fully saturated rings. The zero-order valence-electron chi connectivity index (χ0n) is 47.1. The average molecular weight is 1220 g/mol. The number of hydrogen-bond acceptors (Lipinski definition) is 21. The van der Waals surface area contributed by atoms with Crippen LogP contribution in [-0.4, -0.2) is 211 Å². The first-order valence-electron chi connectivity index (χ1n) is 26.6. The van der Waals surface area contributed by atoms with Gasteiger partial charge in [0.1, 0.15) is 67.3 Å². The number of carbonyl (C=O) groups is 12. The first-order chi connectivity index (χ1) is 38.3. The van der Waals surface area contributed by atoms with E-state index in [2.05, 4.69) is 58.1 Å². The molecular formula is C47H87N14O19PS+2. The van der Waals surface area contributed by atoms with Gasteiger partial charge in [-0.3, -0.25) is 58.1 Å². The Morgan fingerprint density at radius 1 is 0.695 bits per heavy atom. The van der Waals surface area contributed by atoms with Crippen LogP contribution in [0.2, 0.25) is 0 Å². The fourth-order valence-corrected chi connectivity index (χ4v) is 8.90. The van der Waals surface area contributed by atoms with E-state index in [9.17, 15) is 87.5 Å². The van der Waals surface area contributed by atoms with Crippen LogP contribution in [0.4, 0.5) is 0 Å². The molecule has 24 N–H and O–H groups in total. The molecule has 0 bridgehead atoms. The van der Waals surface area contributed by atoms with Crippen LogP contribution >= 0.6 is 19.9 Å². The van der Waals surface area contributed by atoms with Crippen LogP contribution < -0.4 is 70.8 Å². The normalized spacial score (nSPS) is 17.1. The zero-order valence-corrected chi connectivity index (χ0v) is 48.8. The summed E-state index contributed by atoms with van der Waals surface area (Å²) in [5.74, 6) is -13.1. The van der Waals surface area contributed by atoms with Crippen LogP contribution in [0.1, 0.15) is 105 Å². The van der Waals surface area contributed by atoms with E-state index in [0.717, 1.165) is 11.8 Å². The number of carbonyl (C=O) groups excluding carboxylic acids is 10. The van der Waals surface area contributed by atoms with Crippen LogP contribution in [0.25, 0.3) is 0 Å². The van der Waals surface area contributed by atoms with Crippen LogP contribution in [0.15, 0.2) is 0 Å². The maximum Gasteiger partial charge on any atom is 0.567 e. The third-order valence-electron chi connectivity index (χ3n) is 12.9. The Labute approximate surface area is 479 Å². The molecule has 33 nitrogen and oxygen atoms in total. The molecular weight excluding hydrogens is 1130 g/mol. The van der Waals surface area contributed by atoms with Crippen molar-refractivity contribution in [3.05, 3.63) is 0 Å². The minimum atomic E-state index is -5.11. The number of quaternary nitrogens is 1. The van der Waals surface area contributed by atoms with Crippen LogP contribution in [-0.2, 0) is 62.1 Å². The second-order valence-electron chi connectivity index (χ2n) is 20.2. The molecule has 0 aromatic heterocycles. The summed E-state index contributed by atoms with van der Waals surface area (Å²) in [5, 5.41) is 51.0. The lowest BCUT2D eigenvalue weighted by atomic mass is 9.97. The highest BCUT2D eigenvalue weighted by Gasteiger charge is 2.42. The van der Waals surface area contributed by atoms with Crippen molar-refractivity contribution in [2.45, 2.75) is 172 Å². The molecule has 1 aliphatic rings. The van der Waals surface area contributed by atoms with Crippen molar-refractivity contribution in [1.82, 2.24) is 52.8 Å². The predicted molar refractivity (Wildman–Crippen MR) is 293 cm³/mol. The van der Waals surface area contributed by atoms with Crippen molar-refractivity contribution in [2.75, 3.05) is 38.3 Å². The lowest BCUT2D eigenvalue weighted by Crippen LogP contribution is -2.69. The summed E-state index contributed by atoms with van der Waals surface area (Å²) in [7, 11) is -5.11. The fraction of sp³-hybridized carbons (Fsp3) is 0.745. The predicted octanol–water partition coefficient (Wildman–Crippen LogP) is -7.22. The van der Waals surface area contributed by atoms with Crippen molar-refractivity contribution in [2.24, 2.45) is 29.0 Å². The van der Waals surface area contributed by atoms with Gasteiger partial charge in [-0.1, -0.05) is 34.1 Å². The van der Waals surface area contributed by atoms with Gasteiger partial charge >= 0.3 is 20.1 Å². The summed E-state index contributed by atoms with van der Waals surface area (Å²) in [4.78, 5) is 189. The molecule has 0 aliphatic carbocycles. The summed E-state index contributed by atoms with van der Waals surface area (Å²) in [6.45, 7) is 5.97. The Hall–Kier alpha value is -5.94. The van der Waals surface area contributed by atoms with Crippen molar-refractivity contribution in [3.8, 4) is 0 Å². The minimum absolute atomic E-state index is 0.00259. The number of rotatable bonds is 40. The number of carboxylic acids is 2. The highest BCUT2D eigenvalue weighted by molar-refractivity contribution is 7.98. The molecule has 0 saturated carbocycles. The lowest BCUT2D eigenvalue weighted by Gasteiger charge is -2.32. The SMILES string of the molecule is CC[C@H](C)[C@H](NC(=O)[C@H](CO[P+](O)(O)O)NC(=O)[C@H](C)NC(=O)[C@H](CCC(N)=O)NC(=O)[C@@H]([NH3+])CCCNC(N)N)C(=O)N[C@@H](CCC(=O)O)C(=O)N[C@@H](CC(C)C)C(=O)N1CCC[C@H]1C(=O)N[C@@H](CO)C(=O)N[C@@H](CCSC)C(=O)O. The second kappa shape index (κ2) is 37.3. The van der Waals surface area contributed by atoms with E-state index in [1.54, 1.807) is 27.0 Å². The molecule has 0 radical (unpaired) electrons. The molecule has 82 heavy (non-hydrogen) atoms. The Bertz CT molecular complexity index is 2180. The fourth-order valence-electron chi connectivity index (χ4n) is 8.08. The average Bonchev–Trinajstić information content (AvgIpc) is 3.92. The van der Waals surface area contributed by atoms with Crippen LogP contribution in [0.5, 0.6) is 0 Å². The van der Waals surface area contributed by atoms with E-state index in [-0.39, 0.29) is 63.8 Å². The van der Waals surface area contributed by atoms with E-state index in [1.807, 2.05) is 0 Å². The molecule has 468 valence electrons. The summed E-state index contributed by atoms with van der Waals surface area (Å²) in [6.07, 6.45) is 0.174. The molecule has 1 rings (SSSR count). The third kappa shape index (κ3) is 27.9. The monoisotopic (exact) mass is 1210 g/mol. The largest absolute Gasteiger partial charge is 0.567 e. The number of nitrogens with two attached hydrogens (primary N) is 3. The van der Waals surface area contributed by atoms with Gasteiger partial charge in [-0.15, -0.1) is 0 Å². The van der Waals surface area contributed by atoms with Gasteiger partial charge in [0.15, 0.2) is 6.04 Å². The van der Waals surface area contributed by atoms with Crippen molar-refractivity contribution in [3.63, 3.8) is 0 Å². The quantitative estimate of drug-likeness (QED) is 0.0154. The van der Waals surface area contributed by atoms with Gasteiger partial charge in [0.25, 0.3) is 5.91 Å². The minimum Gasteiger partial charge on any atom is -0.481 e. The first-order valence-corrected chi connectivity index (χ1v) is 29.6. The van der Waals surface area contributed by atoms with E-state index in [1.165, 1.54) is 18.7 Å². The highest BCUT2D eigenvalue weighted by Crippen LogP contribution is 2.45. The highest BCUT2D eigenvalue weighted by atomic mass is 32.2. The van der Waals surface area contributed by atoms with Gasteiger partial charge in [-0.2, -0.15) is 31.0 Å². The standard InChI is InChI=1S/C47H85N14O19PS/c1-7-24(4)36(60-42(71)32(22-80-81(77,78)79)59-37(66)25(5)53-39(68)27(12-14-34(49)63)54-38(67)26(48)10-8-17-52-47(50)51)44(73)55-28(13-15-35(64)65)40(69)57-30(20-23(2)3)45(74)61-18-9-11-33(61)43(72)58-31(21-62)41(70)56-29(46(75)76)16-19-82-6/h23-33,36,47,52,62,77-79H,7-22,48,50-51H2,1-6H3,(H11-,49,53,54,55,56,57,58,59,60,63,64,65,66,67,68,69,70,71,72,73,75,76)/p+2/t24-,25-,26-,27-,28-,29-,30-,31-,32-,33-,36-/m0/s1. The van der Waals surface area contributed by atoms with Crippen molar-refractivity contribution < 1.29 is 97.8 Å². The number of aliphatic carboxylic acids is 2. The van der Waals surface area contributed by atoms with E-state index < -0.39 is 178 Å². The molecule has 35 heteroatoms. The Balaban J connectivity index is 3.43. The molecule has 0 aromatic carbocycles. The van der Waals surface area contributed by atoms with E-state index >= 15 is 0 Å². The van der Waals surface area contributed by atoms with Gasteiger partial charge < -0.3 is 85.7 Å². The van der Waals surface area contributed by atoms with Gasteiger partial charge in [-0.05, 0) is 82.3 Å². The van der Waals surface area contributed by atoms with Crippen molar-refractivity contribution >= 4 is 90.9 Å². The van der Waals surface area contributed by atoms with E-state index in [4.69, 9.17) is 17.2 Å². The molecule has 0 aromatic rings. The molecule has 11 atom stereocenters. The molecule has 1 aliphatic heterocycles. The Kier molecular flexibility index (Phi) is 33.7. The Morgan fingerprint density at radius 2 is 1.24 bits per heavy atom. The smallest absolute Gasteiger partial charge is 0.481 e. The summed E-state index contributed by atoms with van der Waals surface area (Å²) < 4.78 is 4.66. The number of amides is 10. The molecule has 1 heterocycles. The lowest BCUT2D eigenvalue weighted by molar-refractivity contribution is -0.405. The topological polar surface area (TPSA) is 553 Å². The number of aliphatic hydroxyl groups excluding tert-OH is 1. The summed E-state index contributed by atoms with van der Waals surface area (Å²) in [6, 6.07) is -14.7. The first kappa shape index (κ1) is 74.1. The number of nitrogens with one attached hydrogen (secondary N) is 9. The molecule has 0 unspecified atom stereocenters. The number of hydrogen-bond donors (Lipinski definition) is 19. The van der Waals surface area contributed by atoms with Crippen molar-refractivity contribution in [1.29, 1.82) is 0 Å². The summed E-state index contributed by atoms with van der Waals surface area (Å²) in [5.41, 5.74) is 20.0. The molecule has 0 spiro atoms. The van der Waals surface area contributed by atoms with Gasteiger partial charge in [0.05, 0.1) is 6.61 Å².